The van der Waals surface area contributed by atoms with E-state index in [2.05, 4.69) is 51.1 Å². The molecular weight excluding hydrogens is 474 g/mol. The molecule has 1 aliphatic rings. The molecule has 0 amide bonds. The molecule has 0 aliphatic heterocycles. The van der Waals surface area contributed by atoms with Crippen molar-refractivity contribution in [2.75, 3.05) is 0 Å². The van der Waals surface area contributed by atoms with E-state index in [9.17, 15) is 0 Å². The molecule has 2 aromatic carbocycles. The molecule has 3 N–H and O–H groups in total. The second kappa shape index (κ2) is 12.3. The minimum atomic E-state index is -0.143. The van der Waals surface area contributed by atoms with Gasteiger partial charge in [0.1, 0.15) is 24.2 Å². The van der Waals surface area contributed by atoms with Gasteiger partial charge in [0, 0.05) is 23.8 Å². The van der Waals surface area contributed by atoms with E-state index in [0.717, 1.165) is 29.9 Å². The van der Waals surface area contributed by atoms with Crippen LogP contribution in [0.25, 0.3) is 11.4 Å². The Morgan fingerprint density at radius 3 is 1.82 bits per heavy atom. The Morgan fingerprint density at radius 1 is 0.842 bits per heavy atom. The normalized spacial score (nSPS) is 12.3. The summed E-state index contributed by atoms with van der Waals surface area (Å²) in [7, 11) is 0. The number of aromatic nitrogens is 6. The van der Waals surface area contributed by atoms with Crippen LogP contribution < -0.4 is 5.73 Å². The molecule has 5 aromatic rings. The fourth-order valence-electron chi connectivity index (χ4n) is 3.38. The van der Waals surface area contributed by atoms with Crippen LogP contribution in [0.5, 0.6) is 0 Å². The third-order valence-electron chi connectivity index (χ3n) is 5.86. The van der Waals surface area contributed by atoms with Crippen LogP contribution in [0, 0.1) is 36.5 Å². The van der Waals surface area contributed by atoms with Crippen molar-refractivity contribution in [1.29, 1.82) is 10.5 Å². The van der Waals surface area contributed by atoms with Gasteiger partial charge in [0.25, 0.3) is 0 Å². The van der Waals surface area contributed by atoms with Crippen LogP contribution in [-0.2, 0) is 5.54 Å². The van der Waals surface area contributed by atoms with Crippen molar-refractivity contribution < 1.29 is 0 Å². The standard InChI is InChI=1S/C13H15N3.C11H9N3.C4H3N3.CH4/c1-10-2-4-11(5-3-10)16-8-12(15-9-16)13(14)6-7-13;1-9-2-4-11(5-3-9)14-7-10(6-12)13-8-14;5-1-4-2-6-3-7-4;/h2-5,8-9H,6-7,14H2,1H3;2-5,7-8H,1H3;2-3H,(H,6,7);1H4. The lowest BCUT2D eigenvalue weighted by Gasteiger charge is -2.04. The van der Waals surface area contributed by atoms with Crippen LogP contribution in [-0.4, -0.2) is 29.1 Å². The number of benzene rings is 2. The number of nitrogens with zero attached hydrogens (tertiary/aromatic N) is 7. The fraction of sp³-hybridized carbons (Fsp3) is 0.207. The smallest absolute Gasteiger partial charge is 0.158 e. The molecule has 1 fully saturated rings. The average molecular weight is 506 g/mol. The van der Waals surface area contributed by atoms with Gasteiger partial charge < -0.3 is 19.9 Å². The number of nitriles is 2. The fourth-order valence-corrected chi connectivity index (χ4v) is 3.38. The Kier molecular flexibility index (Phi) is 8.94. The highest BCUT2D eigenvalue weighted by Crippen LogP contribution is 2.41. The highest BCUT2D eigenvalue weighted by Gasteiger charge is 2.42. The maximum absolute atomic E-state index is 8.62. The van der Waals surface area contributed by atoms with Crippen molar-refractivity contribution >= 4 is 0 Å². The van der Waals surface area contributed by atoms with E-state index >= 15 is 0 Å². The number of aromatic amines is 1. The van der Waals surface area contributed by atoms with Crippen molar-refractivity contribution in [3.05, 3.63) is 114 Å². The summed E-state index contributed by atoms with van der Waals surface area (Å²) < 4.78 is 3.86. The van der Waals surface area contributed by atoms with Gasteiger partial charge in [0.15, 0.2) is 5.69 Å². The van der Waals surface area contributed by atoms with Crippen molar-refractivity contribution in [2.24, 2.45) is 5.73 Å². The van der Waals surface area contributed by atoms with E-state index in [1.165, 1.54) is 23.7 Å². The molecule has 3 aromatic heterocycles. The number of hydrogen-bond donors (Lipinski definition) is 2. The van der Waals surface area contributed by atoms with Gasteiger partial charge in [0.05, 0.1) is 30.1 Å². The first kappa shape index (κ1) is 27.6. The quantitative estimate of drug-likeness (QED) is 0.350. The lowest BCUT2D eigenvalue weighted by Crippen LogP contribution is -2.18. The first-order valence-electron chi connectivity index (χ1n) is 11.7. The van der Waals surface area contributed by atoms with Gasteiger partial charge in [-0.15, -0.1) is 0 Å². The van der Waals surface area contributed by atoms with Gasteiger partial charge in [-0.2, -0.15) is 10.5 Å². The lowest BCUT2D eigenvalue weighted by atomic mass is 10.2. The molecule has 1 saturated carbocycles. The molecule has 0 atom stereocenters. The van der Waals surface area contributed by atoms with Crippen LogP contribution in [0.2, 0.25) is 0 Å². The van der Waals surface area contributed by atoms with Crippen LogP contribution in [0.1, 0.15) is 48.5 Å². The van der Waals surface area contributed by atoms with E-state index < -0.39 is 0 Å². The van der Waals surface area contributed by atoms with E-state index in [-0.39, 0.29) is 13.0 Å². The topological polar surface area (TPSA) is 138 Å². The average Bonchev–Trinajstić information content (AvgIpc) is 3.42. The molecule has 9 nitrogen and oxygen atoms in total. The summed E-state index contributed by atoms with van der Waals surface area (Å²) >= 11 is 0. The highest BCUT2D eigenvalue weighted by atomic mass is 15.1. The Hall–Kier alpha value is -4.99. The summed E-state index contributed by atoms with van der Waals surface area (Å²) in [6.45, 7) is 4.13. The van der Waals surface area contributed by atoms with Crippen molar-refractivity contribution in [3.8, 4) is 23.5 Å². The minimum Gasteiger partial charge on any atom is -0.336 e. The van der Waals surface area contributed by atoms with Crippen molar-refractivity contribution in [1.82, 2.24) is 29.1 Å². The van der Waals surface area contributed by atoms with Crippen LogP contribution >= 0.6 is 0 Å². The van der Waals surface area contributed by atoms with Crippen LogP contribution in [0.15, 0.2) is 86.1 Å². The number of rotatable bonds is 3. The second-order valence-corrected chi connectivity index (χ2v) is 8.85. The summed E-state index contributed by atoms with van der Waals surface area (Å²) in [6, 6.07) is 20.3. The van der Waals surface area contributed by atoms with Gasteiger partial charge >= 0.3 is 0 Å². The van der Waals surface area contributed by atoms with Crippen molar-refractivity contribution in [2.45, 2.75) is 39.7 Å². The van der Waals surface area contributed by atoms with E-state index in [1.54, 1.807) is 12.5 Å². The first-order chi connectivity index (χ1) is 17.9. The number of imidazole rings is 3. The zero-order chi connectivity index (χ0) is 26.3. The summed E-state index contributed by atoms with van der Waals surface area (Å²) in [5.74, 6) is 0. The predicted octanol–water partition coefficient (Wildman–Crippen LogP) is 5.10. The maximum atomic E-state index is 8.62. The Labute approximate surface area is 222 Å². The van der Waals surface area contributed by atoms with Crippen LogP contribution in [0.3, 0.4) is 0 Å². The monoisotopic (exact) mass is 505 g/mol. The molecule has 6 rings (SSSR count). The largest absolute Gasteiger partial charge is 0.336 e. The molecule has 0 unspecified atom stereocenters. The number of nitrogens with one attached hydrogen (secondary N) is 1. The zero-order valence-corrected chi connectivity index (χ0v) is 20.7. The molecule has 1 aliphatic carbocycles. The summed E-state index contributed by atoms with van der Waals surface area (Å²) in [5.41, 5.74) is 12.5. The number of H-pyrrole nitrogens is 1. The molecule has 9 heteroatoms. The Morgan fingerprint density at radius 2 is 1.39 bits per heavy atom. The van der Waals surface area contributed by atoms with Crippen molar-refractivity contribution in [3.63, 3.8) is 0 Å². The number of nitrogens with two attached hydrogens (primary N) is 1. The number of hydrogen-bond acceptors (Lipinski definition) is 6. The summed E-state index contributed by atoms with van der Waals surface area (Å²) in [5, 5.41) is 16.7. The minimum absolute atomic E-state index is 0. The third kappa shape index (κ3) is 7.03. The molecule has 0 saturated heterocycles. The molecule has 3 heterocycles. The molecular formula is C29H31N9. The summed E-state index contributed by atoms with van der Waals surface area (Å²) in [4.78, 5) is 14.6. The number of aryl methyl sites for hydroxylation is 2. The molecule has 0 spiro atoms. The SMILES string of the molecule is C.Cc1ccc(-n2cnc(C#N)c2)cc1.Cc1ccc(-n2cnc(C3(N)CC3)c2)cc1.N#Cc1cnc[nH]1. The van der Waals surface area contributed by atoms with Gasteiger partial charge in [-0.05, 0) is 51.0 Å². The Balaban J connectivity index is 0.000000167. The molecule has 192 valence electrons. The predicted molar refractivity (Wildman–Crippen MR) is 146 cm³/mol. The van der Waals surface area contributed by atoms with E-state index in [0.29, 0.717) is 11.4 Å². The van der Waals surface area contributed by atoms with Gasteiger partial charge in [0.2, 0.25) is 0 Å². The first-order valence-corrected chi connectivity index (χ1v) is 11.7. The molecule has 38 heavy (non-hydrogen) atoms. The van der Waals surface area contributed by atoms with Gasteiger partial charge in [-0.25, -0.2) is 15.0 Å². The van der Waals surface area contributed by atoms with Gasteiger partial charge in [-0.3, -0.25) is 0 Å². The zero-order valence-electron chi connectivity index (χ0n) is 20.7. The Bertz CT molecular complexity index is 1510. The summed E-state index contributed by atoms with van der Waals surface area (Å²) in [6.07, 6.45) is 12.3. The van der Waals surface area contributed by atoms with Gasteiger partial charge in [-0.1, -0.05) is 42.8 Å². The third-order valence-corrected chi connectivity index (χ3v) is 5.86. The highest BCUT2D eigenvalue weighted by molar-refractivity contribution is 5.36. The van der Waals surface area contributed by atoms with E-state index in [4.69, 9.17) is 16.3 Å². The maximum Gasteiger partial charge on any atom is 0.158 e. The molecule has 0 bridgehead atoms. The molecule has 0 radical (unpaired) electrons. The van der Waals surface area contributed by atoms with E-state index in [1.807, 2.05) is 65.0 Å². The van der Waals surface area contributed by atoms with Crippen LogP contribution in [0.4, 0.5) is 0 Å². The second-order valence-electron chi connectivity index (χ2n) is 8.85. The lowest BCUT2D eigenvalue weighted by molar-refractivity contribution is 0.713.